The van der Waals surface area contributed by atoms with Crippen LogP contribution >= 0.6 is 0 Å². The first-order valence-electron chi connectivity index (χ1n) is 7.53. The maximum Gasteiger partial charge on any atom is 0.152 e. The molecule has 1 unspecified atom stereocenters. The molecule has 0 amide bonds. The van der Waals surface area contributed by atoms with Gasteiger partial charge in [-0.05, 0) is 25.8 Å². The molecule has 0 saturated carbocycles. The summed E-state index contributed by atoms with van der Waals surface area (Å²) in [5.41, 5.74) is 2.42. The number of sulfone groups is 1. The molecule has 1 N–H and O–H groups in total. The molecule has 20 heavy (non-hydrogen) atoms. The molecule has 0 spiro atoms. The molecule has 1 saturated heterocycles. The van der Waals surface area contributed by atoms with Gasteiger partial charge in [-0.1, -0.05) is 20.3 Å². The Morgan fingerprint density at radius 3 is 2.80 bits per heavy atom. The van der Waals surface area contributed by atoms with Crippen LogP contribution < -0.4 is 5.32 Å². The van der Waals surface area contributed by atoms with Crippen LogP contribution in [0, 0.1) is 0 Å². The standard InChI is InChI=1S/C14H25N3O2S/c1-3-5-14-12(9-15-7-4-2)10-16-17(14)13-6-8-20(18,19)11-13/h10,13,15H,3-9,11H2,1-2H3. The van der Waals surface area contributed by atoms with Gasteiger partial charge in [0.15, 0.2) is 9.84 Å². The van der Waals surface area contributed by atoms with E-state index in [1.54, 1.807) is 0 Å². The highest BCUT2D eigenvalue weighted by Crippen LogP contribution is 2.26. The van der Waals surface area contributed by atoms with E-state index in [0.717, 1.165) is 32.4 Å². The van der Waals surface area contributed by atoms with Gasteiger partial charge >= 0.3 is 0 Å². The minimum atomic E-state index is -2.86. The number of aromatic nitrogens is 2. The minimum Gasteiger partial charge on any atom is -0.313 e. The third kappa shape index (κ3) is 3.61. The lowest BCUT2D eigenvalue weighted by molar-refractivity contribution is 0.477. The number of hydrogen-bond donors (Lipinski definition) is 1. The van der Waals surface area contributed by atoms with Gasteiger partial charge in [0.25, 0.3) is 0 Å². The van der Waals surface area contributed by atoms with Crippen molar-refractivity contribution in [2.75, 3.05) is 18.1 Å². The Morgan fingerprint density at radius 2 is 2.20 bits per heavy atom. The SMILES string of the molecule is CCCNCc1cnn(C2CCS(=O)(=O)C2)c1CCC. The molecule has 0 aromatic carbocycles. The highest BCUT2D eigenvalue weighted by atomic mass is 32.2. The second kappa shape index (κ2) is 6.72. The molecule has 0 radical (unpaired) electrons. The van der Waals surface area contributed by atoms with Gasteiger partial charge in [-0.2, -0.15) is 5.10 Å². The second-order valence-corrected chi connectivity index (χ2v) is 7.77. The predicted molar refractivity (Wildman–Crippen MR) is 80.5 cm³/mol. The summed E-state index contributed by atoms with van der Waals surface area (Å²) in [6.45, 7) is 6.11. The first kappa shape index (κ1) is 15.5. The van der Waals surface area contributed by atoms with Crippen LogP contribution in [0.15, 0.2) is 6.20 Å². The van der Waals surface area contributed by atoms with Crippen molar-refractivity contribution >= 4 is 9.84 Å². The lowest BCUT2D eigenvalue weighted by atomic mass is 10.1. The summed E-state index contributed by atoms with van der Waals surface area (Å²) in [6.07, 6.45) is 5.71. The fourth-order valence-electron chi connectivity index (χ4n) is 2.77. The van der Waals surface area contributed by atoms with Crippen LogP contribution in [0.1, 0.15) is 50.4 Å². The number of nitrogens with one attached hydrogen (secondary N) is 1. The van der Waals surface area contributed by atoms with E-state index in [0.29, 0.717) is 12.2 Å². The molecule has 1 aliphatic heterocycles. The van der Waals surface area contributed by atoms with E-state index in [4.69, 9.17) is 0 Å². The van der Waals surface area contributed by atoms with E-state index in [2.05, 4.69) is 24.3 Å². The smallest absolute Gasteiger partial charge is 0.152 e. The minimum absolute atomic E-state index is 0.0291. The highest BCUT2D eigenvalue weighted by Gasteiger charge is 2.31. The van der Waals surface area contributed by atoms with Crippen molar-refractivity contribution in [2.24, 2.45) is 0 Å². The molecule has 1 fully saturated rings. The average molecular weight is 299 g/mol. The van der Waals surface area contributed by atoms with Crippen molar-refractivity contribution in [3.63, 3.8) is 0 Å². The number of rotatable bonds is 7. The predicted octanol–water partition coefficient (Wildman–Crippen LogP) is 1.69. The fraction of sp³-hybridized carbons (Fsp3) is 0.786. The van der Waals surface area contributed by atoms with E-state index in [1.165, 1.54) is 11.3 Å². The molecule has 2 heterocycles. The normalized spacial score (nSPS) is 21.4. The Bertz CT molecular complexity index is 537. The van der Waals surface area contributed by atoms with E-state index < -0.39 is 9.84 Å². The third-order valence-corrected chi connectivity index (χ3v) is 5.52. The molecular weight excluding hydrogens is 274 g/mol. The topological polar surface area (TPSA) is 64.0 Å². The van der Waals surface area contributed by atoms with Gasteiger partial charge in [-0.15, -0.1) is 0 Å². The highest BCUT2D eigenvalue weighted by molar-refractivity contribution is 7.91. The number of hydrogen-bond acceptors (Lipinski definition) is 4. The van der Waals surface area contributed by atoms with Crippen LogP contribution in [0.5, 0.6) is 0 Å². The summed E-state index contributed by atoms with van der Waals surface area (Å²) in [5, 5.41) is 7.87. The molecule has 1 aromatic heterocycles. The molecular formula is C14H25N3O2S. The van der Waals surface area contributed by atoms with E-state index in [9.17, 15) is 8.42 Å². The zero-order valence-corrected chi connectivity index (χ0v) is 13.2. The van der Waals surface area contributed by atoms with Crippen LogP contribution in [-0.4, -0.2) is 36.2 Å². The maximum absolute atomic E-state index is 11.6. The Hall–Kier alpha value is -0.880. The lowest BCUT2D eigenvalue weighted by Gasteiger charge is -2.14. The van der Waals surface area contributed by atoms with E-state index in [1.807, 2.05) is 10.9 Å². The summed E-state index contributed by atoms with van der Waals surface area (Å²) in [7, 11) is -2.86. The summed E-state index contributed by atoms with van der Waals surface area (Å²) in [4.78, 5) is 0. The Balaban J connectivity index is 2.16. The summed E-state index contributed by atoms with van der Waals surface area (Å²) in [5.74, 6) is 0.541. The monoisotopic (exact) mass is 299 g/mol. The van der Waals surface area contributed by atoms with Crippen molar-refractivity contribution in [2.45, 2.75) is 52.1 Å². The average Bonchev–Trinajstić information content (AvgIpc) is 2.94. The van der Waals surface area contributed by atoms with Crippen molar-refractivity contribution in [1.82, 2.24) is 15.1 Å². The lowest BCUT2D eigenvalue weighted by Crippen LogP contribution is -2.18. The summed E-state index contributed by atoms with van der Waals surface area (Å²) in [6, 6.07) is 0.0291. The first-order chi connectivity index (χ1) is 9.57. The second-order valence-electron chi connectivity index (χ2n) is 5.54. The Morgan fingerprint density at radius 1 is 1.40 bits per heavy atom. The van der Waals surface area contributed by atoms with Crippen LogP contribution in [0.3, 0.4) is 0 Å². The zero-order chi connectivity index (χ0) is 14.6. The molecule has 0 aliphatic carbocycles. The molecule has 5 nitrogen and oxygen atoms in total. The van der Waals surface area contributed by atoms with Crippen molar-refractivity contribution in [3.05, 3.63) is 17.5 Å². The van der Waals surface area contributed by atoms with Crippen molar-refractivity contribution in [1.29, 1.82) is 0 Å². The van der Waals surface area contributed by atoms with E-state index in [-0.39, 0.29) is 11.8 Å². The van der Waals surface area contributed by atoms with Gasteiger partial charge in [0.1, 0.15) is 0 Å². The van der Waals surface area contributed by atoms with Gasteiger partial charge in [-0.25, -0.2) is 8.42 Å². The van der Waals surface area contributed by atoms with Crippen LogP contribution in [0.25, 0.3) is 0 Å². The molecule has 1 aliphatic rings. The first-order valence-corrected chi connectivity index (χ1v) is 9.36. The number of nitrogens with zero attached hydrogens (tertiary/aromatic N) is 2. The molecule has 114 valence electrons. The Labute approximate surface area is 121 Å². The third-order valence-electron chi connectivity index (χ3n) is 3.77. The van der Waals surface area contributed by atoms with Crippen LogP contribution in [0.2, 0.25) is 0 Å². The van der Waals surface area contributed by atoms with Gasteiger partial charge in [0.05, 0.1) is 23.7 Å². The van der Waals surface area contributed by atoms with Crippen LogP contribution in [0.4, 0.5) is 0 Å². The van der Waals surface area contributed by atoms with E-state index >= 15 is 0 Å². The molecule has 1 aromatic rings. The fourth-order valence-corrected chi connectivity index (χ4v) is 4.46. The molecule has 1 atom stereocenters. The summed E-state index contributed by atoms with van der Waals surface area (Å²) >= 11 is 0. The van der Waals surface area contributed by atoms with Crippen LogP contribution in [-0.2, 0) is 22.8 Å². The van der Waals surface area contributed by atoms with Gasteiger partial charge in [0.2, 0.25) is 0 Å². The largest absolute Gasteiger partial charge is 0.313 e. The van der Waals surface area contributed by atoms with Crippen molar-refractivity contribution < 1.29 is 8.42 Å². The quantitative estimate of drug-likeness (QED) is 0.778. The Kier molecular flexibility index (Phi) is 5.21. The molecule has 2 rings (SSSR count). The van der Waals surface area contributed by atoms with Crippen molar-refractivity contribution in [3.8, 4) is 0 Å². The zero-order valence-electron chi connectivity index (χ0n) is 12.4. The molecule has 6 heteroatoms. The van der Waals surface area contributed by atoms with Gasteiger partial charge in [0, 0.05) is 17.8 Å². The summed E-state index contributed by atoms with van der Waals surface area (Å²) < 4.78 is 25.3. The van der Waals surface area contributed by atoms with Gasteiger partial charge in [-0.3, -0.25) is 4.68 Å². The maximum atomic E-state index is 11.6. The van der Waals surface area contributed by atoms with Gasteiger partial charge < -0.3 is 5.32 Å². The molecule has 0 bridgehead atoms.